The fourth-order valence-electron chi connectivity index (χ4n) is 4.30. The van der Waals surface area contributed by atoms with Crippen LogP contribution in [0.2, 0.25) is 0 Å². The number of nitrogens with zero attached hydrogens (tertiary/aromatic N) is 3. The van der Waals surface area contributed by atoms with E-state index in [1.807, 2.05) is 67.3 Å². The van der Waals surface area contributed by atoms with E-state index < -0.39 is 0 Å². The minimum absolute atomic E-state index is 0.109. The van der Waals surface area contributed by atoms with Crippen molar-refractivity contribution in [2.45, 2.75) is 19.3 Å². The molecule has 5 nitrogen and oxygen atoms in total. The van der Waals surface area contributed by atoms with Crippen LogP contribution in [-0.4, -0.2) is 70.1 Å². The molecule has 0 saturated carbocycles. The Balaban J connectivity index is 1.48. The number of hydrogen-bond donors (Lipinski definition) is 0. The van der Waals surface area contributed by atoms with Crippen LogP contribution in [0.5, 0.6) is 5.75 Å². The van der Waals surface area contributed by atoms with Gasteiger partial charge in [0.25, 0.3) is 5.91 Å². The van der Waals surface area contributed by atoms with Crippen molar-refractivity contribution < 1.29 is 9.53 Å². The summed E-state index contributed by atoms with van der Waals surface area (Å²) < 4.78 is 5.47. The van der Waals surface area contributed by atoms with Crippen LogP contribution < -0.4 is 9.64 Å². The molecular weight excluding hydrogens is 374 g/mol. The van der Waals surface area contributed by atoms with Gasteiger partial charge in [-0.25, -0.2) is 0 Å². The zero-order chi connectivity index (χ0) is 21.5. The molecule has 1 aliphatic heterocycles. The number of amides is 1. The van der Waals surface area contributed by atoms with Gasteiger partial charge in [-0.3, -0.25) is 4.79 Å². The maximum atomic E-state index is 13.0. The monoisotopic (exact) mass is 409 g/mol. The van der Waals surface area contributed by atoms with Crippen LogP contribution in [0.15, 0.2) is 48.5 Å². The quantitative estimate of drug-likeness (QED) is 0.665. The summed E-state index contributed by atoms with van der Waals surface area (Å²) in [6.45, 7) is 4.06. The molecule has 1 fully saturated rings. The standard InChI is InChI=1S/C25H35N3O2/c1-26(2)23-11-7-6-10-22(23)25(29)27(3)19-20-13-16-28(17-14-20)18-15-21-9-5-8-12-24(21)30-4/h5-12,20H,13-19H2,1-4H3. The molecule has 0 aliphatic carbocycles. The van der Waals surface area contributed by atoms with Gasteiger partial charge in [0, 0.05) is 39.9 Å². The van der Waals surface area contributed by atoms with E-state index in [2.05, 4.69) is 17.0 Å². The molecule has 1 amide bonds. The lowest BCUT2D eigenvalue weighted by Crippen LogP contribution is -2.40. The first-order valence-corrected chi connectivity index (χ1v) is 10.9. The van der Waals surface area contributed by atoms with Crippen molar-refractivity contribution >= 4 is 11.6 Å². The molecule has 3 rings (SSSR count). The number of carbonyl (C=O) groups is 1. The Bertz CT molecular complexity index is 829. The van der Waals surface area contributed by atoms with Crippen molar-refractivity contribution in [2.75, 3.05) is 59.3 Å². The average molecular weight is 410 g/mol. The molecule has 0 spiro atoms. The first-order chi connectivity index (χ1) is 14.5. The normalized spacial score (nSPS) is 15.1. The molecule has 0 aromatic heterocycles. The van der Waals surface area contributed by atoms with Gasteiger partial charge in [0.2, 0.25) is 0 Å². The van der Waals surface area contributed by atoms with Gasteiger partial charge >= 0.3 is 0 Å². The highest BCUT2D eigenvalue weighted by molar-refractivity contribution is 5.99. The topological polar surface area (TPSA) is 36.0 Å². The number of hydrogen-bond acceptors (Lipinski definition) is 4. The van der Waals surface area contributed by atoms with Crippen molar-refractivity contribution in [3.8, 4) is 5.75 Å². The summed E-state index contributed by atoms with van der Waals surface area (Å²) in [6.07, 6.45) is 3.28. The second-order valence-electron chi connectivity index (χ2n) is 8.44. The van der Waals surface area contributed by atoms with E-state index in [-0.39, 0.29) is 5.91 Å². The zero-order valence-electron chi connectivity index (χ0n) is 18.8. The number of likely N-dealkylation sites (tertiary alicyclic amines) is 1. The number of para-hydroxylation sites is 2. The molecular formula is C25H35N3O2. The van der Waals surface area contributed by atoms with E-state index in [4.69, 9.17) is 4.74 Å². The summed E-state index contributed by atoms with van der Waals surface area (Å²) in [4.78, 5) is 19.4. The van der Waals surface area contributed by atoms with Crippen molar-refractivity contribution in [2.24, 2.45) is 5.92 Å². The van der Waals surface area contributed by atoms with Gasteiger partial charge in [0.15, 0.2) is 0 Å². The fourth-order valence-corrected chi connectivity index (χ4v) is 4.30. The molecule has 2 aromatic carbocycles. The Morgan fingerprint density at radius 1 is 1.03 bits per heavy atom. The largest absolute Gasteiger partial charge is 0.496 e. The van der Waals surface area contributed by atoms with Crippen molar-refractivity contribution in [3.05, 3.63) is 59.7 Å². The minimum Gasteiger partial charge on any atom is -0.496 e. The molecule has 1 heterocycles. The number of methoxy groups -OCH3 is 1. The van der Waals surface area contributed by atoms with Gasteiger partial charge in [0.1, 0.15) is 5.75 Å². The minimum atomic E-state index is 0.109. The number of rotatable bonds is 8. The summed E-state index contributed by atoms with van der Waals surface area (Å²) in [6, 6.07) is 16.1. The highest BCUT2D eigenvalue weighted by atomic mass is 16.5. The number of ether oxygens (including phenoxy) is 1. The molecule has 2 aromatic rings. The van der Waals surface area contributed by atoms with Crippen LogP contribution in [0.4, 0.5) is 5.69 Å². The van der Waals surface area contributed by atoms with E-state index in [0.29, 0.717) is 5.92 Å². The summed E-state index contributed by atoms with van der Waals surface area (Å²) in [5.41, 5.74) is 3.02. The van der Waals surface area contributed by atoms with Gasteiger partial charge in [-0.05, 0) is 62.0 Å². The van der Waals surface area contributed by atoms with E-state index in [1.54, 1.807) is 7.11 Å². The summed E-state index contributed by atoms with van der Waals surface area (Å²) in [5, 5.41) is 0. The maximum Gasteiger partial charge on any atom is 0.255 e. The van der Waals surface area contributed by atoms with Gasteiger partial charge in [0.05, 0.1) is 12.7 Å². The van der Waals surface area contributed by atoms with E-state index in [1.165, 1.54) is 5.56 Å². The van der Waals surface area contributed by atoms with Crippen LogP contribution in [0, 0.1) is 5.92 Å². The lowest BCUT2D eigenvalue weighted by molar-refractivity contribution is 0.0741. The predicted octanol–water partition coefficient (Wildman–Crippen LogP) is 3.79. The molecule has 0 atom stereocenters. The lowest BCUT2D eigenvalue weighted by atomic mass is 9.95. The maximum absolute atomic E-state index is 13.0. The van der Waals surface area contributed by atoms with Crippen molar-refractivity contribution in [1.82, 2.24) is 9.80 Å². The second kappa shape index (κ2) is 10.5. The third kappa shape index (κ3) is 5.54. The van der Waals surface area contributed by atoms with E-state index >= 15 is 0 Å². The summed E-state index contributed by atoms with van der Waals surface area (Å²) in [7, 11) is 7.63. The Labute approximate surface area is 181 Å². The van der Waals surface area contributed by atoms with Crippen LogP contribution in [-0.2, 0) is 6.42 Å². The van der Waals surface area contributed by atoms with Crippen molar-refractivity contribution in [3.63, 3.8) is 0 Å². The molecule has 1 saturated heterocycles. The lowest BCUT2D eigenvalue weighted by Gasteiger charge is -2.34. The van der Waals surface area contributed by atoms with Gasteiger partial charge in [-0.15, -0.1) is 0 Å². The fraction of sp³-hybridized carbons (Fsp3) is 0.480. The Morgan fingerprint density at radius 2 is 1.70 bits per heavy atom. The number of benzene rings is 2. The first kappa shape index (κ1) is 22.2. The number of piperidine rings is 1. The van der Waals surface area contributed by atoms with Crippen molar-refractivity contribution in [1.29, 1.82) is 0 Å². The van der Waals surface area contributed by atoms with Crippen LogP contribution in [0.3, 0.4) is 0 Å². The summed E-state index contributed by atoms with van der Waals surface area (Å²) in [5.74, 6) is 1.65. The van der Waals surface area contributed by atoms with E-state index in [0.717, 1.165) is 62.4 Å². The Hall–Kier alpha value is -2.53. The molecule has 0 N–H and O–H groups in total. The summed E-state index contributed by atoms with van der Waals surface area (Å²) >= 11 is 0. The van der Waals surface area contributed by atoms with Gasteiger partial charge in [-0.1, -0.05) is 30.3 Å². The number of anilines is 1. The van der Waals surface area contributed by atoms with Gasteiger partial charge < -0.3 is 19.4 Å². The number of carbonyl (C=O) groups excluding carboxylic acids is 1. The molecule has 5 heteroatoms. The van der Waals surface area contributed by atoms with Crippen LogP contribution in [0.25, 0.3) is 0 Å². The highest BCUT2D eigenvalue weighted by Gasteiger charge is 2.23. The molecule has 0 unspecified atom stereocenters. The van der Waals surface area contributed by atoms with E-state index in [9.17, 15) is 4.79 Å². The Morgan fingerprint density at radius 3 is 2.40 bits per heavy atom. The zero-order valence-corrected chi connectivity index (χ0v) is 18.8. The first-order valence-electron chi connectivity index (χ1n) is 10.9. The highest BCUT2D eigenvalue weighted by Crippen LogP contribution is 2.23. The third-order valence-corrected chi connectivity index (χ3v) is 6.09. The Kier molecular flexibility index (Phi) is 7.75. The second-order valence-corrected chi connectivity index (χ2v) is 8.44. The van der Waals surface area contributed by atoms with Crippen LogP contribution in [0.1, 0.15) is 28.8 Å². The molecule has 0 radical (unpaired) electrons. The van der Waals surface area contributed by atoms with Gasteiger partial charge in [-0.2, -0.15) is 0 Å². The predicted molar refractivity (Wildman–Crippen MR) is 124 cm³/mol. The molecule has 30 heavy (non-hydrogen) atoms. The molecule has 162 valence electrons. The average Bonchev–Trinajstić information content (AvgIpc) is 2.78. The smallest absolute Gasteiger partial charge is 0.255 e. The SMILES string of the molecule is COc1ccccc1CCN1CCC(CN(C)C(=O)c2ccccc2N(C)C)CC1. The van der Waals surface area contributed by atoms with Crippen LogP contribution >= 0.6 is 0 Å². The third-order valence-electron chi connectivity index (χ3n) is 6.09. The molecule has 1 aliphatic rings. The molecule has 0 bridgehead atoms.